The van der Waals surface area contributed by atoms with Crippen molar-refractivity contribution in [2.45, 2.75) is 49.1 Å². The Balaban J connectivity index is 1.28. The average molecular weight is 561 g/mol. The third-order valence-electron chi connectivity index (χ3n) is 7.77. The number of imidazole rings is 1. The van der Waals surface area contributed by atoms with E-state index in [0.717, 1.165) is 47.7 Å². The third-order valence-corrected chi connectivity index (χ3v) is 9.01. The highest BCUT2D eigenvalue weighted by Gasteiger charge is 2.47. The molecule has 1 amide bonds. The Kier molecular flexibility index (Phi) is 7.47. The summed E-state index contributed by atoms with van der Waals surface area (Å²) in [6.45, 7) is 0.392. The van der Waals surface area contributed by atoms with Gasteiger partial charge < -0.3 is 9.47 Å². The molecular formula is C31H30ClFN4OS. The number of hydrogen-bond acceptors (Lipinski definition) is 4. The van der Waals surface area contributed by atoms with Gasteiger partial charge in [0.15, 0.2) is 0 Å². The van der Waals surface area contributed by atoms with Gasteiger partial charge in [0, 0.05) is 47.0 Å². The molecule has 200 valence electrons. The van der Waals surface area contributed by atoms with Gasteiger partial charge in [0.05, 0.1) is 6.54 Å². The summed E-state index contributed by atoms with van der Waals surface area (Å²) in [5, 5.41) is 0.715. The molecule has 1 saturated carbocycles. The largest absolute Gasteiger partial charge is 0.337 e. The van der Waals surface area contributed by atoms with Gasteiger partial charge in [-0.2, -0.15) is 0 Å². The highest BCUT2D eigenvalue weighted by molar-refractivity contribution is 7.97. The number of anilines is 1. The zero-order valence-corrected chi connectivity index (χ0v) is 23.3. The van der Waals surface area contributed by atoms with E-state index in [2.05, 4.69) is 27.9 Å². The summed E-state index contributed by atoms with van der Waals surface area (Å²) in [7, 11) is 1.95. The number of nitrogens with zero attached hydrogens (tertiary/aromatic N) is 3. The molecule has 1 N–H and O–H groups in total. The molecule has 3 aromatic carbocycles. The minimum Gasteiger partial charge on any atom is -0.337 e. The zero-order chi connectivity index (χ0) is 26.9. The normalized spacial score (nSPS) is 19.9. The summed E-state index contributed by atoms with van der Waals surface area (Å²) >= 11 is 7.92. The maximum Gasteiger partial charge on any atom is 0.231 e. The molecule has 1 unspecified atom stereocenters. The molecule has 0 radical (unpaired) electrons. The summed E-state index contributed by atoms with van der Waals surface area (Å²) in [6.07, 6.45) is 7.51. The van der Waals surface area contributed by atoms with Crippen LogP contribution in [0.3, 0.4) is 0 Å². The topological polar surface area (TPSA) is 50.2 Å². The highest BCUT2D eigenvalue weighted by Crippen LogP contribution is 2.51. The van der Waals surface area contributed by atoms with Crippen molar-refractivity contribution >= 4 is 35.1 Å². The number of amides is 1. The van der Waals surface area contributed by atoms with E-state index in [1.54, 1.807) is 12.3 Å². The van der Waals surface area contributed by atoms with Crippen molar-refractivity contribution in [3.05, 3.63) is 112 Å². The molecule has 3 atom stereocenters. The smallest absolute Gasteiger partial charge is 0.231 e. The predicted molar refractivity (Wildman–Crippen MR) is 154 cm³/mol. The number of carbonyl (C=O) groups is 1. The molecule has 0 saturated heterocycles. The molecule has 8 heteroatoms. The van der Waals surface area contributed by atoms with Crippen LogP contribution in [0.2, 0.25) is 5.02 Å². The van der Waals surface area contributed by atoms with Crippen LogP contribution in [0, 0.1) is 11.7 Å². The molecule has 2 aliphatic carbocycles. The van der Waals surface area contributed by atoms with Crippen LogP contribution in [0.4, 0.5) is 10.1 Å². The summed E-state index contributed by atoms with van der Waals surface area (Å²) in [5.74, 6) is 0.694. The van der Waals surface area contributed by atoms with E-state index >= 15 is 0 Å². The monoisotopic (exact) mass is 560 g/mol. The molecule has 1 aromatic heterocycles. The van der Waals surface area contributed by atoms with Crippen LogP contribution in [0.1, 0.15) is 53.7 Å². The van der Waals surface area contributed by atoms with Gasteiger partial charge in [-0.3, -0.25) is 9.52 Å². The van der Waals surface area contributed by atoms with Crippen LogP contribution in [-0.4, -0.2) is 15.5 Å². The Hall–Kier alpha value is -3.13. The van der Waals surface area contributed by atoms with Crippen molar-refractivity contribution in [2.75, 3.05) is 4.90 Å². The van der Waals surface area contributed by atoms with Crippen molar-refractivity contribution in [1.82, 2.24) is 14.3 Å². The lowest BCUT2D eigenvalue weighted by Gasteiger charge is -2.29. The maximum absolute atomic E-state index is 14.0. The third kappa shape index (κ3) is 5.62. The molecule has 4 aromatic rings. The van der Waals surface area contributed by atoms with Crippen LogP contribution >= 0.6 is 23.5 Å². The molecular weight excluding hydrogens is 531 g/mol. The van der Waals surface area contributed by atoms with Gasteiger partial charge >= 0.3 is 0 Å². The zero-order valence-electron chi connectivity index (χ0n) is 21.7. The number of fused-ring (bicyclic) bond motifs is 1. The Morgan fingerprint density at radius 2 is 2.03 bits per heavy atom. The fourth-order valence-corrected chi connectivity index (χ4v) is 6.64. The molecule has 0 aliphatic heterocycles. The lowest BCUT2D eigenvalue weighted by Crippen LogP contribution is -2.33. The summed E-state index contributed by atoms with van der Waals surface area (Å²) < 4.78 is 19.2. The Labute approximate surface area is 237 Å². The van der Waals surface area contributed by atoms with Crippen LogP contribution in [0.15, 0.2) is 84.0 Å². The lowest BCUT2D eigenvalue weighted by atomic mass is 9.87. The van der Waals surface area contributed by atoms with Crippen molar-refractivity contribution in [3.8, 4) is 0 Å². The summed E-state index contributed by atoms with van der Waals surface area (Å²) in [4.78, 5) is 21.3. The van der Waals surface area contributed by atoms with Crippen molar-refractivity contribution in [1.29, 1.82) is 0 Å². The first kappa shape index (κ1) is 26.1. The first-order valence-corrected chi connectivity index (χ1v) is 14.5. The van der Waals surface area contributed by atoms with E-state index in [-0.39, 0.29) is 29.6 Å². The van der Waals surface area contributed by atoms with Gasteiger partial charge in [-0.1, -0.05) is 41.9 Å². The fourth-order valence-electron chi connectivity index (χ4n) is 5.52. The van der Waals surface area contributed by atoms with Crippen LogP contribution in [0.5, 0.6) is 0 Å². The standard InChI is InChI=1S/C31H30ClFN4OS/c1-36-15-14-34-30(36)19-37(31(38)27-18-26(27)24-9-2-3-10-28(24)32)22-13-12-20-6-4-11-29(25(20)17-22)35-39-23-8-5-7-21(33)16-23/h2-3,5,7-10,12-17,26-27,29,35H,4,6,11,18-19H2,1H3/t26-,27+,29?/m1/s1. The van der Waals surface area contributed by atoms with E-state index in [9.17, 15) is 9.18 Å². The average Bonchev–Trinajstić information content (AvgIpc) is 3.64. The first-order valence-electron chi connectivity index (χ1n) is 13.3. The highest BCUT2D eigenvalue weighted by atomic mass is 35.5. The molecule has 1 fully saturated rings. The molecule has 2 aliphatic rings. The second-order valence-corrected chi connectivity index (χ2v) is 11.7. The van der Waals surface area contributed by atoms with E-state index in [1.165, 1.54) is 35.2 Å². The van der Waals surface area contributed by atoms with Crippen molar-refractivity contribution in [2.24, 2.45) is 13.0 Å². The number of benzene rings is 3. The Bertz CT molecular complexity index is 1510. The number of halogens is 2. The minimum absolute atomic E-state index is 0.0947. The van der Waals surface area contributed by atoms with Crippen molar-refractivity contribution < 1.29 is 9.18 Å². The van der Waals surface area contributed by atoms with E-state index in [1.807, 2.05) is 53.0 Å². The van der Waals surface area contributed by atoms with Crippen LogP contribution in [0.25, 0.3) is 0 Å². The number of aryl methyl sites for hydroxylation is 2. The number of aromatic nitrogens is 2. The number of rotatable bonds is 8. The van der Waals surface area contributed by atoms with E-state index in [4.69, 9.17) is 11.6 Å². The number of nitrogens with one attached hydrogen (secondary N) is 1. The van der Waals surface area contributed by atoms with Gasteiger partial charge in [-0.25, -0.2) is 9.37 Å². The van der Waals surface area contributed by atoms with Gasteiger partial charge in [-0.05, 0) is 96.6 Å². The molecule has 0 spiro atoms. The molecule has 1 heterocycles. The second-order valence-electron chi connectivity index (χ2n) is 10.4. The van der Waals surface area contributed by atoms with Gasteiger partial charge in [0.2, 0.25) is 5.91 Å². The fraction of sp³-hybridized carbons (Fsp3) is 0.290. The Morgan fingerprint density at radius 3 is 2.82 bits per heavy atom. The molecule has 0 bridgehead atoms. The Morgan fingerprint density at radius 1 is 1.15 bits per heavy atom. The van der Waals surface area contributed by atoms with E-state index < -0.39 is 0 Å². The predicted octanol–water partition coefficient (Wildman–Crippen LogP) is 7.22. The van der Waals surface area contributed by atoms with Gasteiger partial charge in [-0.15, -0.1) is 0 Å². The SMILES string of the molecule is Cn1ccnc1CN(C(=O)[C@H]1C[C@@H]1c1ccccc1Cl)c1ccc2c(c1)C(NSc1cccc(F)c1)CCC2. The van der Waals surface area contributed by atoms with Gasteiger partial charge in [0.1, 0.15) is 11.6 Å². The summed E-state index contributed by atoms with van der Waals surface area (Å²) in [6, 6.07) is 20.9. The second kappa shape index (κ2) is 11.2. The lowest BCUT2D eigenvalue weighted by molar-refractivity contribution is -0.120. The molecule has 6 rings (SSSR count). The van der Waals surface area contributed by atoms with Crippen LogP contribution < -0.4 is 9.62 Å². The molecule has 39 heavy (non-hydrogen) atoms. The minimum atomic E-state index is -0.244. The number of carbonyl (C=O) groups excluding carboxylic acids is 1. The summed E-state index contributed by atoms with van der Waals surface area (Å²) in [5.41, 5.74) is 4.39. The van der Waals surface area contributed by atoms with Crippen molar-refractivity contribution in [3.63, 3.8) is 0 Å². The van der Waals surface area contributed by atoms with E-state index in [0.29, 0.717) is 11.6 Å². The quantitative estimate of drug-likeness (QED) is 0.231. The maximum atomic E-state index is 14.0. The van der Waals surface area contributed by atoms with Gasteiger partial charge in [0.25, 0.3) is 0 Å². The van der Waals surface area contributed by atoms with Crippen LogP contribution in [-0.2, 0) is 24.8 Å². The number of hydrogen-bond donors (Lipinski definition) is 1. The first-order chi connectivity index (χ1) is 19.0. The molecule has 5 nitrogen and oxygen atoms in total.